The van der Waals surface area contributed by atoms with Gasteiger partial charge in [-0.1, -0.05) is 0 Å². The zero-order chi connectivity index (χ0) is 10.1. The Labute approximate surface area is 86.3 Å². The molecule has 14 heavy (non-hydrogen) atoms. The number of aromatic nitrogens is 2. The summed E-state index contributed by atoms with van der Waals surface area (Å²) in [5.41, 5.74) is 2.45. The molecule has 0 aliphatic carbocycles. The van der Waals surface area contributed by atoms with Crippen LogP contribution in [0.3, 0.4) is 0 Å². The molecule has 0 aliphatic heterocycles. The van der Waals surface area contributed by atoms with Gasteiger partial charge in [-0.3, -0.25) is 4.79 Å². The molecule has 1 aromatic heterocycles. The maximum atomic E-state index is 11.3. The highest BCUT2D eigenvalue weighted by Crippen LogP contribution is 2.14. The lowest BCUT2D eigenvalue weighted by atomic mass is 10.1. The van der Waals surface area contributed by atoms with Crippen molar-refractivity contribution in [2.45, 2.75) is 0 Å². The van der Waals surface area contributed by atoms with Crippen molar-refractivity contribution in [2.75, 3.05) is 5.88 Å². The van der Waals surface area contributed by atoms with E-state index in [1.54, 1.807) is 18.5 Å². The van der Waals surface area contributed by atoms with E-state index in [9.17, 15) is 4.79 Å². The first-order valence-electron chi connectivity index (χ1n) is 4.22. The average Bonchev–Trinajstić information content (AvgIpc) is 2.59. The Hall–Kier alpha value is -1.35. The molecule has 0 fully saturated rings. The maximum Gasteiger partial charge on any atom is 0.177 e. The number of nitrogens with zero attached hydrogens (tertiary/aromatic N) is 2. The van der Waals surface area contributed by atoms with Crippen molar-refractivity contribution >= 4 is 28.4 Å². The number of carbonyl (C=O) groups is 1. The van der Waals surface area contributed by atoms with Gasteiger partial charge in [0.25, 0.3) is 0 Å². The van der Waals surface area contributed by atoms with E-state index < -0.39 is 0 Å². The van der Waals surface area contributed by atoms with Crippen LogP contribution in [0.1, 0.15) is 10.4 Å². The highest BCUT2D eigenvalue weighted by Gasteiger charge is 2.06. The van der Waals surface area contributed by atoms with E-state index in [0.29, 0.717) is 5.56 Å². The van der Waals surface area contributed by atoms with Crippen LogP contribution in [0.15, 0.2) is 24.5 Å². The van der Waals surface area contributed by atoms with Gasteiger partial charge in [-0.2, -0.15) is 0 Å². The maximum absolute atomic E-state index is 11.3. The Morgan fingerprint density at radius 3 is 3.07 bits per heavy atom. The first-order valence-corrected chi connectivity index (χ1v) is 4.76. The lowest BCUT2D eigenvalue weighted by Gasteiger charge is -1.97. The second-order valence-electron chi connectivity index (χ2n) is 3.12. The molecular weight excluding hydrogens is 200 g/mol. The molecule has 0 amide bonds. The van der Waals surface area contributed by atoms with Crippen molar-refractivity contribution in [1.29, 1.82) is 0 Å². The van der Waals surface area contributed by atoms with Gasteiger partial charge in [0.15, 0.2) is 5.78 Å². The first-order chi connectivity index (χ1) is 6.72. The normalized spacial score (nSPS) is 10.7. The summed E-state index contributed by atoms with van der Waals surface area (Å²) in [6.45, 7) is 0. The number of carbonyl (C=O) groups excluding carboxylic acids is 1. The van der Waals surface area contributed by atoms with E-state index in [0.717, 1.165) is 11.0 Å². The number of benzene rings is 1. The van der Waals surface area contributed by atoms with Crippen LogP contribution in [0.2, 0.25) is 0 Å². The molecule has 72 valence electrons. The second-order valence-corrected chi connectivity index (χ2v) is 3.38. The lowest BCUT2D eigenvalue weighted by molar-refractivity contribution is 0.102. The summed E-state index contributed by atoms with van der Waals surface area (Å²) in [5.74, 6) is -0.0579. The molecule has 0 atom stereocenters. The molecular formula is C10H9ClN2O. The van der Waals surface area contributed by atoms with E-state index in [1.807, 2.05) is 17.7 Å². The van der Waals surface area contributed by atoms with Crippen LogP contribution in [-0.2, 0) is 7.05 Å². The molecule has 0 saturated carbocycles. The predicted molar refractivity (Wildman–Crippen MR) is 55.8 cm³/mol. The topological polar surface area (TPSA) is 34.9 Å². The molecule has 0 unspecified atom stereocenters. The molecule has 2 rings (SSSR count). The SMILES string of the molecule is Cn1cnc2cc(C(=O)CCl)ccc21. The summed E-state index contributed by atoms with van der Waals surface area (Å²) in [6, 6.07) is 5.41. The van der Waals surface area contributed by atoms with Crippen molar-refractivity contribution in [1.82, 2.24) is 9.55 Å². The minimum atomic E-state index is -0.0702. The summed E-state index contributed by atoms with van der Waals surface area (Å²) in [7, 11) is 1.92. The second kappa shape index (κ2) is 3.42. The third kappa shape index (κ3) is 1.40. The summed E-state index contributed by atoms with van der Waals surface area (Å²) >= 11 is 5.47. The number of halogens is 1. The van der Waals surface area contributed by atoms with Crippen molar-refractivity contribution in [3.63, 3.8) is 0 Å². The Balaban J connectivity index is 2.57. The summed E-state index contributed by atoms with van der Waals surface area (Å²) in [5, 5.41) is 0. The van der Waals surface area contributed by atoms with Crippen LogP contribution in [0, 0.1) is 0 Å². The van der Waals surface area contributed by atoms with Gasteiger partial charge >= 0.3 is 0 Å². The summed E-state index contributed by atoms with van der Waals surface area (Å²) < 4.78 is 1.91. The first kappa shape index (κ1) is 9.21. The Morgan fingerprint density at radius 1 is 1.57 bits per heavy atom. The standard InChI is InChI=1S/C10H9ClN2O/c1-13-6-12-8-4-7(10(14)5-11)2-3-9(8)13/h2-4,6H,5H2,1H3. The van der Waals surface area contributed by atoms with Gasteiger partial charge in [-0.05, 0) is 18.2 Å². The third-order valence-electron chi connectivity index (χ3n) is 2.17. The smallest absolute Gasteiger partial charge is 0.177 e. The zero-order valence-electron chi connectivity index (χ0n) is 7.70. The fourth-order valence-electron chi connectivity index (χ4n) is 1.39. The monoisotopic (exact) mass is 208 g/mol. The van der Waals surface area contributed by atoms with Crippen LogP contribution < -0.4 is 0 Å². The van der Waals surface area contributed by atoms with E-state index in [2.05, 4.69) is 4.98 Å². The molecule has 4 heteroatoms. The van der Waals surface area contributed by atoms with Gasteiger partial charge in [0, 0.05) is 12.6 Å². The quantitative estimate of drug-likeness (QED) is 0.559. The van der Waals surface area contributed by atoms with Crippen molar-refractivity contribution in [2.24, 2.45) is 7.05 Å². The van der Waals surface area contributed by atoms with Gasteiger partial charge in [-0.15, -0.1) is 11.6 Å². The van der Waals surface area contributed by atoms with Gasteiger partial charge in [-0.25, -0.2) is 4.98 Å². The van der Waals surface area contributed by atoms with Crippen molar-refractivity contribution < 1.29 is 4.79 Å². The average molecular weight is 209 g/mol. The number of hydrogen-bond acceptors (Lipinski definition) is 2. The Bertz CT molecular complexity index is 490. The Kier molecular flexibility index (Phi) is 2.25. The number of alkyl halides is 1. The van der Waals surface area contributed by atoms with E-state index in [-0.39, 0.29) is 11.7 Å². The fraction of sp³-hybridized carbons (Fsp3) is 0.200. The highest BCUT2D eigenvalue weighted by atomic mass is 35.5. The van der Waals surface area contributed by atoms with Crippen LogP contribution in [0.4, 0.5) is 0 Å². The van der Waals surface area contributed by atoms with Crippen LogP contribution in [-0.4, -0.2) is 21.2 Å². The Morgan fingerprint density at radius 2 is 2.36 bits per heavy atom. The van der Waals surface area contributed by atoms with Crippen molar-refractivity contribution in [3.05, 3.63) is 30.1 Å². The van der Waals surface area contributed by atoms with Crippen molar-refractivity contribution in [3.8, 4) is 0 Å². The number of ketones is 1. The number of fused-ring (bicyclic) bond motifs is 1. The van der Waals surface area contributed by atoms with Gasteiger partial charge < -0.3 is 4.57 Å². The van der Waals surface area contributed by atoms with E-state index in [4.69, 9.17) is 11.6 Å². The molecule has 0 N–H and O–H groups in total. The number of aryl methyl sites for hydroxylation is 1. The summed E-state index contributed by atoms with van der Waals surface area (Å²) in [4.78, 5) is 15.5. The van der Waals surface area contributed by atoms with Gasteiger partial charge in [0.1, 0.15) is 0 Å². The fourth-order valence-corrected chi connectivity index (χ4v) is 1.54. The number of imidazole rings is 1. The van der Waals surface area contributed by atoms with E-state index >= 15 is 0 Å². The van der Waals surface area contributed by atoms with Crippen LogP contribution in [0.5, 0.6) is 0 Å². The van der Waals surface area contributed by atoms with Gasteiger partial charge in [0.05, 0.1) is 23.2 Å². The molecule has 3 nitrogen and oxygen atoms in total. The largest absolute Gasteiger partial charge is 0.334 e. The highest BCUT2D eigenvalue weighted by molar-refractivity contribution is 6.30. The zero-order valence-corrected chi connectivity index (χ0v) is 8.45. The predicted octanol–water partition coefficient (Wildman–Crippen LogP) is 1.99. The third-order valence-corrected chi connectivity index (χ3v) is 2.41. The molecule has 0 aliphatic rings. The summed E-state index contributed by atoms with van der Waals surface area (Å²) in [6.07, 6.45) is 1.72. The molecule has 0 bridgehead atoms. The van der Waals surface area contributed by atoms with Crippen LogP contribution in [0.25, 0.3) is 11.0 Å². The molecule has 1 heterocycles. The number of hydrogen-bond donors (Lipinski definition) is 0. The number of Topliss-reactive ketones (excluding diaryl/α,β-unsaturated/α-hetero) is 1. The lowest BCUT2D eigenvalue weighted by Crippen LogP contribution is -1.99. The van der Waals surface area contributed by atoms with E-state index in [1.165, 1.54) is 0 Å². The van der Waals surface area contributed by atoms with Gasteiger partial charge in [0.2, 0.25) is 0 Å². The molecule has 0 saturated heterocycles. The molecule has 2 aromatic rings. The molecule has 0 spiro atoms. The van der Waals surface area contributed by atoms with Crippen LogP contribution >= 0.6 is 11.6 Å². The molecule has 0 radical (unpaired) electrons. The minimum Gasteiger partial charge on any atom is -0.334 e. The number of rotatable bonds is 2. The molecule has 1 aromatic carbocycles. The minimum absolute atomic E-state index is 0.0122.